The summed E-state index contributed by atoms with van der Waals surface area (Å²) in [5, 5.41) is 3.01. The third kappa shape index (κ3) is 4.85. The lowest BCUT2D eigenvalue weighted by atomic mass is 9.98. The molecular weight excluding hydrogens is 310 g/mol. The zero-order chi connectivity index (χ0) is 18.4. The van der Waals surface area contributed by atoms with Crippen LogP contribution >= 0.6 is 0 Å². The number of amides is 1. The molecule has 0 aliphatic heterocycles. The summed E-state index contributed by atoms with van der Waals surface area (Å²) in [5.41, 5.74) is 3.13. The van der Waals surface area contributed by atoms with Gasteiger partial charge in [0.25, 0.3) is 5.91 Å². The molecule has 0 fully saturated rings. The van der Waals surface area contributed by atoms with Gasteiger partial charge in [-0.1, -0.05) is 64.1 Å². The number of rotatable bonds is 7. The smallest absolute Gasteiger partial charge is 0.265 e. The van der Waals surface area contributed by atoms with Crippen molar-refractivity contribution in [3.63, 3.8) is 0 Å². The molecule has 2 unspecified atom stereocenters. The predicted molar refractivity (Wildman–Crippen MR) is 104 cm³/mol. The second-order valence-electron chi connectivity index (χ2n) is 6.84. The monoisotopic (exact) mass is 339 g/mol. The first-order valence-corrected chi connectivity index (χ1v) is 9.09. The van der Waals surface area contributed by atoms with Crippen molar-refractivity contribution >= 4 is 11.6 Å². The molecule has 0 aliphatic rings. The van der Waals surface area contributed by atoms with Crippen molar-refractivity contribution in [1.82, 2.24) is 0 Å². The molecule has 2 aromatic rings. The number of anilines is 1. The van der Waals surface area contributed by atoms with E-state index in [9.17, 15) is 4.79 Å². The quantitative estimate of drug-likeness (QED) is 0.699. The van der Waals surface area contributed by atoms with Crippen LogP contribution < -0.4 is 10.1 Å². The highest BCUT2D eigenvalue weighted by molar-refractivity contribution is 5.94. The van der Waals surface area contributed by atoms with Crippen molar-refractivity contribution in [3.05, 3.63) is 59.7 Å². The van der Waals surface area contributed by atoms with Crippen LogP contribution in [-0.4, -0.2) is 12.0 Å². The molecule has 0 aromatic heterocycles. The number of benzene rings is 2. The largest absolute Gasteiger partial charge is 0.481 e. The Labute approximate surface area is 151 Å². The molecule has 0 saturated heterocycles. The van der Waals surface area contributed by atoms with E-state index in [1.807, 2.05) is 42.5 Å². The maximum absolute atomic E-state index is 12.6. The molecule has 0 aliphatic carbocycles. The van der Waals surface area contributed by atoms with E-state index in [1.165, 1.54) is 0 Å². The molecule has 3 nitrogen and oxygen atoms in total. The number of carbonyl (C=O) groups is 1. The summed E-state index contributed by atoms with van der Waals surface area (Å²) in [4.78, 5) is 12.6. The van der Waals surface area contributed by atoms with Crippen LogP contribution in [0, 0.1) is 0 Å². The number of carbonyl (C=O) groups excluding carboxylic acids is 1. The van der Waals surface area contributed by atoms with Crippen LogP contribution in [-0.2, 0) is 4.79 Å². The van der Waals surface area contributed by atoms with E-state index in [1.54, 1.807) is 6.92 Å². The van der Waals surface area contributed by atoms with Crippen LogP contribution in [0.25, 0.3) is 0 Å². The minimum absolute atomic E-state index is 0.132. The zero-order valence-electron chi connectivity index (χ0n) is 15.9. The Hall–Kier alpha value is -2.29. The van der Waals surface area contributed by atoms with Gasteiger partial charge in [-0.25, -0.2) is 0 Å². The first-order chi connectivity index (χ1) is 11.9. The van der Waals surface area contributed by atoms with Crippen molar-refractivity contribution in [2.24, 2.45) is 0 Å². The maximum Gasteiger partial charge on any atom is 0.265 e. The third-order valence-corrected chi connectivity index (χ3v) is 4.58. The summed E-state index contributed by atoms with van der Waals surface area (Å²) >= 11 is 0. The van der Waals surface area contributed by atoms with Gasteiger partial charge in [0.15, 0.2) is 6.10 Å². The maximum atomic E-state index is 12.6. The van der Waals surface area contributed by atoms with Crippen molar-refractivity contribution in [2.45, 2.75) is 59.0 Å². The third-order valence-electron chi connectivity index (χ3n) is 4.58. The van der Waals surface area contributed by atoms with Gasteiger partial charge in [0.2, 0.25) is 0 Å². The molecule has 0 saturated carbocycles. The van der Waals surface area contributed by atoms with Gasteiger partial charge in [-0.3, -0.25) is 4.79 Å². The summed E-state index contributed by atoms with van der Waals surface area (Å²) in [5.74, 6) is 1.40. The van der Waals surface area contributed by atoms with Gasteiger partial charge in [-0.15, -0.1) is 0 Å². The van der Waals surface area contributed by atoms with Crippen LogP contribution in [0.15, 0.2) is 48.5 Å². The minimum atomic E-state index is -0.564. The Kier molecular flexibility index (Phi) is 6.63. The molecule has 2 aromatic carbocycles. The van der Waals surface area contributed by atoms with E-state index in [0.717, 1.165) is 29.0 Å². The summed E-state index contributed by atoms with van der Waals surface area (Å²) in [6, 6.07) is 15.9. The Morgan fingerprint density at radius 1 is 0.960 bits per heavy atom. The first-order valence-electron chi connectivity index (χ1n) is 9.09. The molecule has 1 amide bonds. The standard InChI is InChI=1S/C22H29NO2/c1-6-16(4)19-12-8-10-14-21(19)25-17(5)22(24)23-20-13-9-7-11-18(20)15(2)3/h7-17H,6H2,1-5H3,(H,23,24). The zero-order valence-corrected chi connectivity index (χ0v) is 15.9. The number of ether oxygens (including phenoxy) is 1. The SMILES string of the molecule is CCC(C)c1ccccc1OC(C)C(=O)Nc1ccccc1C(C)C. The number of para-hydroxylation sites is 2. The molecule has 1 N–H and O–H groups in total. The lowest BCUT2D eigenvalue weighted by molar-refractivity contribution is -0.122. The fourth-order valence-electron chi connectivity index (χ4n) is 2.81. The minimum Gasteiger partial charge on any atom is -0.481 e. The van der Waals surface area contributed by atoms with Gasteiger partial charge in [-0.05, 0) is 48.4 Å². The molecule has 0 radical (unpaired) electrons. The van der Waals surface area contributed by atoms with Gasteiger partial charge in [0, 0.05) is 5.69 Å². The molecule has 0 spiro atoms. The van der Waals surface area contributed by atoms with Crippen LogP contribution in [0.3, 0.4) is 0 Å². The summed E-state index contributed by atoms with van der Waals surface area (Å²) in [6.07, 6.45) is 0.466. The molecule has 0 heterocycles. The van der Waals surface area contributed by atoms with Crippen molar-refractivity contribution < 1.29 is 9.53 Å². The van der Waals surface area contributed by atoms with E-state index in [2.05, 4.69) is 39.1 Å². The Balaban J connectivity index is 2.12. The first kappa shape index (κ1) is 19.0. The van der Waals surface area contributed by atoms with Gasteiger partial charge in [0.05, 0.1) is 0 Å². The lowest BCUT2D eigenvalue weighted by Gasteiger charge is -2.20. The highest BCUT2D eigenvalue weighted by atomic mass is 16.5. The van der Waals surface area contributed by atoms with E-state index >= 15 is 0 Å². The molecule has 2 rings (SSSR count). The fourth-order valence-corrected chi connectivity index (χ4v) is 2.81. The predicted octanol–water partition coefficient (Wildman–Crippen LogP) is 5.73. The van der Waals surface area contributed by atoms with Crippen LogP contribution in [0.4, 0.5) is 5.69 Å². The van der Waals surface area contributed by atoms with E-state index in [4.69, 9.17) is 4.74 Å². The summed E-state index contributed by atoms with van der Waals surface area (Å²) < 4.78 is 5.99. The molecule has 134 valence electrons. The summed E-state index contributed by atoms with van der Waals surface area (Å²) in [7, 11) is 0. The second kappa shape index (κ2) is 8.70. The molecule has 0 bridgehead atoms. The lowest BCUT2D eigenvalue weighted by Crippen LogP contribution is -2.31. The highest BCUT2D eigenvalue weighted by Gasteiger charge is 2.19. The average molecular weight is 339 g/mol. The molecule has 25 heavy (non-hydrogen) atoms. The topological polar surface area (TPSA) is 38.3 Å². The van der Waals surface area contributed by atoms with E-state index < -0.39 is 6.10 Å². The number of hydrogen-bond donors (Lipinski definition) is 1. The van der Waals surface area contributed by atoms with Crippen LogP contribution in [0.5, 0.6) is 5.75 Å². The molecular formula is C22H29NO2. The second-order valence-corrected chi connectivity index (χ2v) is 6.84. The van der Waals surface area contributed by atoms with Gasteiger partial charge < -0.3 is 10.1 Å². The van der Waals surface area contributed by atoms with Crippen molar-refractivity contribution in [2.75, 3.05) is 5.32 Å². The van der Waals surface area contributed by atoms with Crippen molar-refractivity contribution in [1.29, 1.82) is 0 Å². The Morgan fingerprint density at radius 2 is 1.56 bits per heavy atom. The van der Waals surface area contributed by atoms with Crippen molar-refractivity contribution in [3.8, 4) is 5.75 Å². The molecule has 2 atom stereocenters. The normalized spacial score (nSPS) is 13.4. The van der Waals surface area contributed by atoms with E-state index in [-0.39, 0.29) is 5.91 Å². The Bertz CT molecular complexity index is 709. The molecule has 3 heteroatoms. The average Bonchev–Trinajstić information content (AvgIpc) is 2.61. The van der Waals surface area contributed by atoms with E-state index in [0.29, 0.717) is 11.8 Å². The Morgan fingerprint density at radius 3 is 2.20 bits per heavy atom. The summed E-state index contributed by atoms with van der Waals surface area (Å²) in [6.45, 7) is 10.4. The number of nitrogens with one attached hydrogen (secondary N) is 1. The van der Waals surface area contributed by atoms with Gasteiger partial charge in [0.1, 0.15) is 5.75 Å². The highest BCUT2D eigenvalue weighted by Crippen LogP contribution is 2.29. The fraction of sp³-hybridized carbons (Fsp3) is 0.409. The number of hydrogen-bond acceptors (Lipinski definition) is 2. The van der Waals surface area contributed by atoms with Crippen LogP contribution in [0.1, 0.15) is 64.0 Å². The van der Waals surface area contributed by atoms with Crippen LogP contribution in [0.2, 0.25) is 0 Å². The van der Waals surface area contributed by atoms with Gasteiger partial charge in [-0.2, -0.15) is 0 Å². The van der Waals surface area contributed by atoms with Gasteiger partial charge >= 0.3 is 0 Å².